The summed E-state index contributed by atoms with van der Waals surface area (Å²) in [6.45, 7) is 4.40. The molecule has 8 heteroatoms. The molecule has 1 atom stereocenters. The summed E-state index contributed by atoms with van der Waals surface area (Å²) in [5.41, 5.74) is 0. The molecule has 1 N–H and O–H groups in total. The summed E-state index contributed by atoms with van der Waals surface area (Å²) in [7, 11) is -3.65. The van der Waals surface area contributed by atoms with Crippen molar-refractivity contribution in [3.05, 3.63) is 15.8 Å². The second kappa shape index (κ2) is 5.20. The van der Waals surface area contributed by atoms with Crippen molar-refractivity contribution in [1.29, 1.82) is 0 Å². The highest BCUT2D eigenvalue weighted by atomic mass is 32.2. The molecule has 1 aliphatic heterocycles. The van der Waals surface area contributed by atoms with Gasteiger partial charge >= 0.3 is 5.97 Å². The van der Waals surface area contributed by atoms with E-state index >= 15 is 0 Å². The summed E-state index contributed by atoms with van der Waals surface area (Å²) in [5, 5.41) is 8.93. The van der Waals surface area contributed by atoms with Gasteiger partial charge in [-0.25, -0.2) is 13.2 Å². The van der Waals surface area contributed by atoms with Gasteiger partial charge in [-0.1, -0.05) is 0 Å². The molecule has 0 bridgehead atoms. The van der Waals surface area contributed by atoms with Crippen LogP contribution in [-0.2, 0) is 14.8 Å². The Balaban J connectivity index is 2.41. The third-order valence-corrected chi connectivity index (χ3v) is 6.28. The molecule has 2 heterocycles. The molecule has 1 aliphatic rings. The van der Waals surface area contributed by atoms with Gasteiger partial charge in [0.1, 0.15) is 4.88 Å². The van der Waals surface area contributed by atoms with Crippen molar-refractivity contribution in [3.8, 4) is 0 Å². The van der Waals surface area contributed by atoms with Gasteiger partial charge in [-0.05, 0) is 19.9 Å². The number of carbonyl (C=O) groups is 1. The first-order valence-corrected chi connectivity index (χ1v) is 8.03. The van der Waals surface area contributed by atoms with E-state index in [1.165, 1.54) is 10.4 Å². The molecule has 1 aromatic rings. The van der Waals surface area contributed by atoms with Crippen LogP contribution in [0.25, 0.3) is 0 Å². The number of sulfonamides is 1. The number of nitrogens with zero attached hydrogens (tertiary/aromatic N) is 1. The van der Waals surface area contributed by atoms with Crippen molar-refractivity contribution in [1.82, 2.24) is 4.31 Å². The molecule has 0 aromatic carbocycles. The zero-order valence-corrected chi connectivity index (χ0v) is 12.3. The van der Waals surface area contributed by atoms with Gasteiger partial charge in [-0.15, -0.1) is 11.3 Å². The Labute approximate surface area is 115 Å². The maximum Gasteiger partial charge on any atom is 0.345 e. The third-order valence-electron chi connectivity index (χ3n) is 2.98. The van der Waals surface area contributed by atoms with Gasteiger partial charge in [0.2, 0.25) is 10.0 Å². The highest BCUT2D eigenvalue weighted by Crippen LogP contribution is 2.29. The van der Waals surface area contributed by atoms with E-state index in [9.17, 15) is 13.2 Å². The Kier molecular flexibility index (Phi) is 3.95. The van der Waals surface area contributed by atoms with Crippen LogP contribution in [0.4, 0.5) is 0 Å². The van der Waals surface area contributed by atoms with Crippen LogP contribution in [0.2, 0.25) is 0 Å². The Morgan fingerprint density at radius 1 is 1.58 bits per heavy atom. The number of ether oxygens (including phenoxy) is 1. The van der Waals surface area contributed by atoms with Crippen LogP contribution in [0, 0.1) is 6.92 Å². The van der Waals surface area contributed by atoms with Crippen LogP contribution in [0.5, 0.6) is 0 Å². The molecule has 2 rings (SSSR count). The lowest BCUT2D eigenvalue weighted by atomic mass is 10.3. The fourth-order valence-corrected chi connectivity index (χ4v) is 5.02. The van der Waals surface area contributed by atoms with E-state index in [1.54, 1.807) is 13.8 Å². The smallest absolute Gasteiger partial charge is 0.345 e. The Bertz CT molecular complexity index is 592. The highest BCUT2D eigenvalue weighted by Gasteiger charge is 2.33. The monoisotopic (exact) mass is 305 g/mol. The third kappa shape index (κ3) is 2.66. The average Bonchev–Trinajstić information content (AvgIpc) is 2.72. The van der Waals surface area contributed by atoms with Gasteiger partial charge in [0.25, 0.3) is 0 Å². The molecule has 19 heavy (non-hydrogen) atoms. The molecule has 0 unspecified atom stereocenters. The summed E-state index contributed by atoms with van der Waals surface area (Å²) in [4.78, 5) is 11.5. The minimum Gasteiger partial charge on any atom is -0.477 e. The lowest BCUT2D eigenvalue weighted by Gasteiger charge is -2.32. The van der Waals surface area contributed by atoms with Gasteiger partial charge in [-0.2, -0.15) is 4.31 Å². The van der Waals surface area contributed by atoms with Crippen molar-refractivity contribution in [2.45, 2.75) is 24.8 Å². The molecule has 106 valence electrons. The standard InChI is InChI=1S/C11H15NO5S2/c1-7-6-17-4-3-12(7)19(15,16)10-5-9(11(13)14)18-8(10)2/h5,7H,3-4,6H2,1-2H3,(H,13,14)/t7-/m1/s1. The lowest BCUT2D eigenvalue weighted by molar-refractivity contribution is 0.0392. The quantitative estimate of drug-likeness (QED) is 0.906. The first kappa shape index (κ1) is 14.4. The molecule has 6 nitrogen and oxygen atoms in total. The highest BCUT2D eigenvalue weighted by molar-refractivity contribution is 7.89. The van der Waals surface area contributed by atoms with Crippen LogP contribution in [0.3, 0.4) is 0 Å². The van der Waals surface area contributed by atoms with Crippen LogP contribution in [0.15, 0.2) is 11.0 Å². The number of carboxylic acids is 1. The van der Waals surface area contributed by atoms with Gasteiger partial charge in [0.15, 0.2) is 0 Å². The number of hydrogen-bond acceptors (Lipinski definition) is 5. The summed E-state index contributed by atoms with van der Waals surface area (Å²) in [5.74, 6) is -1.11. The molecule has 0 saturated carbocycles. The number of morpholine rings is 1. The SMILES string of the molecule is Cc1sc(C(=O)O)cc1S(=O)(=O)N1CCOC[C@H]1C. The van der Waals surface area contributed by atoms with Gasteiger partial charge in [0.05, 0.1) is 18.1 Å². The average molecular weight is 305 g/mol. The predicted octanol–water partition coefficient (Wildman–Crippen LogP) is 1.16. The van der Waals surface area contributed by atoms with Gasteiger partial charge in [0, 0.05) is 17.5 Å². The van der Waals surface area contributed by atoms with Gasteiger partial charge < -0.3 is 9.84 Å². The largest absolute Gasteiger partial charge is 0.477 e. The second-order valence-corrected chi connectivity index (χ2v) is 7.49. The number of carboxylic acid groups (broad SMARTS) is 1. The number of aromatic carboxylic acids is 1. The van der Waals surface area contributed by atoms with Crippen molar-refractivity contribution in [3.63, 3.8) is 0 Å². The van der Waals surface area contributed by atoms with E-state index in [0.29, 0.717) is 24.6 Å². The first-order valence-electron chi connectivity index (χ1n) is 5.77. The molecule has 0 spiro atoms. The Morgan fingerprint density at radius 2 is 2.26 bits per heavy atom. The second-order valence-electron chi connectivity index (χ2n) is 4.38. The minimum absolute atomic E-state index is 0.0389. The zero-order valence-electron chi connectivity index (χ0n) is 10.6. The summed E-state index contributed by atoms with van der Waals surface area (Å²) < 4.78 is 31.7. The van der Waals surface area contributed by atoms with Crippen LogP contribution >= 0.6 is 11.3 Å². The lowest BCUT2D eigenvalue weighted by Crippen LogP contribution is -2.46. The number of hydrogen-bond donors (Lipinski definition) is 1. The van der Waals surface area contributed by atoms with Crippen molar-refractivity contribution in [2.75, 3.05) is 19.8 Å². The Morgan fingerprint density at radius 3 is 2.79 bits per heavy atom. The van der Waals surface area contributed by atoms with E-state index in [0.717, 1.165) is 11.3 Å². The van der Waals surface area contributed by atoms with Crippen molar-refractivity contribution < 1.29 is 23.1 Å². The van der Waals surface area contributed by atoms with Crippen LogP contribution in [0.1, 0.15) is 21.5 Å². The Hall–Kier alpha value is -0.960. The van der Waals surface area contributed by atoms with Crippen molar-refractivity contribution in [2.24, 2.45) is 0 Å². The fraction of sp³-hybridized carbons (Fsp3) is 0.545. The van der Waals surface area contributed by atoms with Gasteiger partial charge in [-0.3, -0.25) is 0 Å². The predicted molar refractivity (Wildman–Crippen MR) is 70.2 cm³/mol. The number of thiophene rings is 1. The van der Waals surface area contributed by atoms with E-state index in [1.807, 2.05) is 0 Å². The van der Waals surface area contributed by atoms with E-state index < -0.39 is 16.0 Å². The molecule has 1 aromatic heterocycles. The number of aryl methyl sites for hydroxylation is 1. The van der Waals surface area contributed by atoms with Crippen LogP contribution < -0.4 is 0 Å². The molecule has 0 aliphatic carbocycles. The summed E-state index contributed by atoms with van der Waals surface area (Å²) in [6, 6.07) is 0.992. The summed E-state index contributed by atoms with van der Waals surface area (Å²) in [6.07, 6.45) is 0. The topological polar surface area (TPSA) is 83.9 Å². The molecule has 1 saturated heterocycles. The molecule has 0 radical (unpaired) electrons. The summed E-state index contributed by atoms with van der Waals surface area (Å²) >= 11 is 0.978. The molecule has 0 amide bonds. The normalized spacial score (nSPS) is 21.5. The molecular weight excluding hydrogens is 290 g/mol. The van der Waals surface area contributed by atoms with Crippen molar-refractivity contribution >= 4 is 27.3 Å². The molecule has 1 fully saturated rings. The first-order chi connectivity index (χ1) is 8.84. The zero-order chi connectivity index (χ0) is 14.2. The van der Waals surface area contributed by atoms with E-state index in [4.69, 9.17) is 9.84 Å². The van der Waals surface area contributed by atoms with E-state index in [2.05, 4.69) is 0 Å². The number of rotatable bonds is 3. The maximum atomic E-state index is 12.5. The van der Waals surface area contributed by atoms with E-state index in [-0.39, 0.29) is 15.8 Å². The minimum atomic E-state index is -3.65. The molecular formula is C11H15NO5S2. The maximum absolute atomic E-state index is 12.5. The fourth-order valence-electron chi connectivity index (χ4n) is 2.02. The van der Waals surface area contributed by atoms with Crippen LogP contribution in [-0.4, -0.2) is 49.6 Å².